The van der Waals surface area contributed by atoms with Gasteiger partial charge in [-0.05, 0) is 137 Å². The second-order valence-electron chi connectivity index (χ2n) is 17.7. The molecule has 0 saturated heterocycles. The van der Waals surface area contributed by atoms with E-state index in [0.717, 1.165) is 37.0 Å². The highest BCUT2D eigenvalue weighted by Crippen LogP contribution is 2.67. The lowest BCUT2D eigenvalue weighted by Gasteiger charge is -2.57. The van der Waals surface area contributed by atoms with Crippen LogP contribution in [0.15, 0.2) is 60.3 Å². The van der Waals surface area contributed by atoms with Crippen molar-refractivity contribution in [3.05, 3.63) is 60.3 Å². The summed E-state index contributed by atoms with van der Waals surface area (Å²) in [5.41, 5.74) is 4.86. The van der Waals surface area contributed by atoms with Crippen molar-refractivity contribution in [3.8, 4) is 0 Å². The Labute approximate surface area is 306 Å². The lowest BCUT2D eigenvalue weighted by atomic mass is 9.47. The third-order valence-electron chi connectivity index (χ3n) is 13.5. The molecule has 0 aromatic rings. The largest absolute Gasteiger partial charge is 0.290 e. The first-order valence-electron chi connectivity index (χ1n) is 21.5. The molecule has 6 unspecified atom stereocenters. The normalized spacial score (nSPS) is 28.9. The van der Waals surface area contributed by atoms with Crippen LogP contribution >= 0.6 is 0 Å². The van der Waals surface area contributed by atoms with Gasteiger partial charge in [0, 0.05) is 5.41 Å². The number of fused-ring (bicyclic) bond motifs is 5. The second-order valence-corrected chi connectivity index (χ2v) is 17.7. The maximum absolute atomic E-state index is 12.1. The molecule has 0 spiro atoms. The van der Waals surface area contributed by atoms with Crippen molar-refractivity contribution in [3.63, 3.8) is 0 Å². The number of carbonyl (C=O) groups excluding carboxylic acids is 1. The minimum absolute atomic E-state index is 0.105. The summed E-state index contributed by atoms with van der Waals surface area (Å²) in [5, 5.41) is 0. The Bertz CT molecular complexity index is 1100. The molecule has 4 aliphatic rings. The number of ketones is 1. The summed E-state index contributed by atoms with van der Waals surface area (Å²) in [5.74, 6) is 4.08. The Morgan fingerprint density at radius 2 is 1.45 bits per heavy atom. The van der Waals surface area contributed by atoms with E-state index in [1.54, 1.807) is 0 Å². The fourth-order valence-electron chi connectivity index (χ4n) is 10.5. The number of unbranched alkanes of at least 4 members (excludes halogenated alkanes) is 11. The maximum Gasteiger partial charge on any atom is 0.178 e. The molecule has 4 aliphatic carbocycles. The van der Waals surface area contributed by atoms with Crippen LogP contribution < -0.4 is 0 Å². The molecule has 0 aromatic heterocycles. The van der Waals surface area contributed by atoms with E-state index in [-0.39, 0.29) is 11.2 Å². The van der Waals surface area contributed by atoms with Crippen LogP contribution in [0.5, 0.6) is 0 Å². The average molecular weight is 673 g/mol. The highest BCUT2D eigenvalue weighted by molar-refractivity contribution is 6.01. The summed E-state index contributed by atoms with van der Waals surface area (Å²) < 4.78 is 0. The van der Waals surface area contributed by atoms with E-state index in [9.17, 15) is 4.79 Å². The lowest BCUT2D eigenvalue weighted by Crippen LogP contribution is -2.49. The van der Waals surface area contributed by atoms with Gasteiger partial charge in [-0.2, -0.15) is 0 Å². The second kappa shape index (κ2) is 21.7. The standard InChI is InChI=1S/C42H66O.C6H14/c1-6-7-8-9-10-11-12-13-14-15-16-17-18-19-20-21-33(2)22-23-34(3)38-26-27-39-37-25-24-35-32-36(43)28-30-41(35,4)40(37)29-31-42(38,39)5;1-4-5-6(2)3/h16-17,28,30,32,37-40H,2-3,6-15,18-27,29,31H2,1,4-5H3;6H,4-5H2,1-3H3/b17-16-;. The topological polar surface area (TPSA) is 17.1 Å². The third-order valence-corrected chi connectivity index (χ3v) is 13.5. The summed E-state index contributed by atoms with van der Waals surface area (Å²) in [4.78, 5) is 12.1. The van der Waals surface area contributed by atoms with Gasteiger partial charge in [-0.25, -0.2) is 0 Å². The molecule has 1 nitrogen and oxygen atoms in total. The molecule has 3 saturated carbocycles. The quantitative estimate of drug-likeness (QED) is 0.0876. The van der Waals surface area contributed by atoms with Crippen LogP contribution in [-0.2, 0) is 4.79 Å². The molecule has 0 bridgehead atoms. The van der Waals surface area contributed by atoms with Gasteiger partial charge in [0.15, 0.2) is 5.78 Å². The number of carbonyl (C=O) groups is 1. The average Bonchev–Trinajstić information content (AvgIpc) is 3.43. The van der Waals surface area contributed by atoms with Crippen LogP contribution in [0.3, 0.4) is 0 Å². The fourth-order valence-corrected chi connectivity index (χ4v) is 10.5. The number of hydrogen-bond donors (Lipinski definition) is 0. The Morgan fingerprint density at radius 3 is 2.08 bits per heavy atom. The molecule has 0 aliphatic heterocycles. The lowest BCUT2D eigenvalue weighted by molar-refractivity contribution is -0.111. The third kappa shape index (κ3) is 12.5. The molecule has 4 rings (SSSR count). The highest BCUT2D eigenvalue weighted by atomic mass is 16.1. The first-order valence-corrected chi connectivity index (χ1v) is 21.5. The molecule has 0 heterocycles. The van der Waals surface area contributed by atoms with E-state index in [2.05, 4.69) is 66.3 Å². The van der Waals surface area contributed by atoms with Gasteiger partial charge in [0.25, 0.3) is 0 Å². The fraction of sp³-hybridized carbons (Fsp3) is 0.771. The zero-order chi connectivity index (χ0) is 35.7. The smallest absolute Gasteiger partial charge is 0.178 e. The van der Waals surface area contributed by atoms with E-state index >= 15 is 0 Å². The van der Waals surface area contributed by atoms with E-state index in [4.69, 9.17) is 6.58 Å². The zero-order valence-corrected chi connectivity index (χ0v) is 33.6. The molecule has 0 N–H and O–H groups in total. The van der Waals surface area contributed by atoms with Gasteiger partial charge in [0.2, 0.25) is 0 Å². The van der Waals surface area contributed by atoms with E-state index in [0.29, 0.717) is 17.3 Å². The molecule has 0 aromatic carbocycles. The van der Waals surface area contributed by atoms with Crippen LogP contribution in [0.25, 0.3) is 0 Å². The minimum Gasteiger partial charge on any atom is -0.290 e. The van der Waals surface area contributed by atoms with Gasteiger partial charge in [0.1, 0.15) is 0 Å². The summed E-state index contributed by atoms with van der Waals surface area (Å²) in [6.45, 7) is 23.2. The predicted molar refractivity (Wildman–Crippen MR) is 217 cm³/mol. The van der Waals surface area contributed by atoms with Crippen molar-refractivity contribution in [2.75, 3.05) is 0 Å². The molecule has 278 valence electrons. The summed E-state index contributed by atoms with van der Waals surface area (Å²) >= 11 is 0. The van der Waals surface area contributed by atoms with Crippen molar-refractivity contribution < 1.29 is 4.79 Å². The molecular formula is C48H80O. The first kappa shape index (κ1) is 41.8. The van der Waals surface area contributed by atoms with Crippen LogP contribution in [0, 0.1) is 40.4 Å². The van der Waals surface area contributed by atoms with Gasteiger partial charge in [0.05, 0.1) is 0 Å². The summed E-state index contributed by atoms with van der Waals surface area (Å²) in [7, 11) is 0. The Morgan fingerprint density at radius 1 is 0.796 bits per heavy atom. The molecule has 6 atom stereocenters. The molecule has 3 fully saturated rings. The van der Waals surface area contributed by atoms with Gasteiger partial charge < -0.3 is 0 Å². The molecular weight excluding hydrogens is 593 g/mol. The van der Waals surface area contributed by atoms with Crippen LogP contribution in [0.4, 0.5) is 0 Å². The number of rotatable bonds is 21. The first-order chi connectivity index (χ1) is 23.6. The van der Waals surface area contributed by atoms with Crippen molar-refractivity contribution in [1.29, 1.82) is 0 Å². The van der Waals surface area contributed by atoms with Gasteiger partial charge in [-0.3, -0.25) is 4.79 Å². The van der Waals surface area contributed by atoms with Gasteiger partial charge in [-0.15, -0.1) is 0 Å². The molecule has 1 heteroatoms. The minimum atomic E-state index is 0.105. The van der Waals surface area contributed by atoms with E-state index in [1.165, 1.54) is 152 Å². The van der Waals surface area contributed by atoms with E-state index < -0.39 is 0 Å². The van der Waals surface area contributed by atoms with Crippen LogP contribution in [0.2, 0.25) is 0 Å². The molecule has 0 amide bonds. The number of hydrogen-bond acceptors (Lipinski definition) is 1. The molecule has 49 heavy (non-hydrogen) atoms. The number of allylic oxidation sites excluding steroid dienone is 8. The summed E-state index contributed by atoms with van der Waals surface area (Å²) in [6.07, 6.45) is 42.6. The van der Waals surface area contributed by atoms with Crippen molar-refractivity contribution in [1.82, 2.24) is 0 Å². The highest BCUT2D eigenvalue weighted by Gasteiger charge is 2.58. The maximum atomic E-state index is 12.1. The van der Waals surface area contributed by atoms with Crippen molar-refractivity contribution in [2.24, 2.45) is 40.4 Å². The zero-order valence-electron chi connectivity index (χ0n) is 33.6. The molecule has 0 radical (unpaired) electrons. The van der Waals surface area contributed by atoms with E-state index in [1.807, 2.05) is 12.2 Å². The predicted octanol–water partition coefficient (Wildman–Crippen LogP) is 15.3. The Kier molecular flexibility index (Phi) is 18.5. The Hall–Kier alpha value is -1.63. The Balaban J connectivity index is 0.000000992. The monoisotopic (exact) mass is 673 g/mol. The SMILES string of the molecule is C=C(CCCC/C=C\CCCCCCCCCCC)CCC(=C)C1CCC2C3CCC4=CC(=O)C=CC4(C)C3CCC12C.CCCC(C)C. The van der Waals surface area contributed by atoms with Crippen LogP contribution in [0.1, 0.15) is 196 Å². The van der Waals surface area contributed by atoms with Crippen molar-refractivity contribution >= 4 is 5.78 Å². The van der Waals surface area contributed by atoms with Crippen LogP contribution in [-0.4, -0.2) is 5.78 Å². The summed E-state index contributed by atoms with van der Waals surface area (Å²) in [6, 6.07) is 0. The van der Waals surface area contributed by atoms with Crippen molar-refractivity contribution in [2.45, 2.75) is 196 Å². The van der Waals surface area contributed by atoms with Gasteiger partial charge in [-0.1, -0.05) is 154 Å². The van der Waals surface area contributed by atoms with Gasteiger partial charge >= 0.3 is 0 Å².